The summed E-state index contributed by atoms with van der Waals surface area (Å²) in [5.41, 5.74) is 4.62. The molecule has 1 rings (SSSR count). The molecule has 148 valence electrons. The van der Waals surface area contributed by atoms with Gasteiger partial charge < -0.3 is 9.64 Å². The van der Waals surface area contributed by atoms with Crippen molar-refractivity contribution in [2.75, 3.05) is 33.9 Å². The highest BCUT2D eigenvalue weighted by atomic mass is 32.2. The molecular weight excluding hydrogens is 352 g/mol. The highest BCUT2D eigenvalue weighted by Gasteiger charge is 2.23. The van der Waals surface area contributed by atoms with Crippen LogP contribution in [0.25, 0.3) is 0 Å². The fraction of sp³-hybridized carbons (Fsp3) is 0.632. The van der Waals surface area contributed by atoms with Crippen LogP contribution in [0.4, 0.5) is 0 Å². The Morgan fingerprint density at radius 3 is 2.00 bits per heavy atom. The van der Waals surface area contributed by atoms with Gasteiger partial charge in [0.1, 0.15) is 0 Å². The molecule has 0 aliphatic carbocycles. The minimum absolute atomic E-state index is 0.0840. The maximum absolute atomic E-state index is 12.8. The van der Waals surface area contributed by atoms with Gasteiger partial charge in [-0.15, -0.1) is 0 Å². The van der Waals surface area contributed by atoms with E-state index in [1.54, 1.807) is 19.1 Å². The van der Waals surface area contributed by atoms with Crippen LogP contribution in [0, 0.1) is 34.6 Å². The van der Waals surface area contributed by atoms with Crippen LogP contribution in [0.5, 0.6) is 0 Å². The Hall–Kier alpha value is -1.44. The molecule has 6 nitrogen and oxygen atoms in total. The number of carbonyl (C=O) groups excluding carboxylic acids is 1. The molecule has 1 amide bonds. The van der Waals surface area contributed by atoms with Crippen LogP contribution in [0.2, 0.25) is 0 Å². The summed E-state index contributed by atoms with van der Waals surface area (Å²) in [4.78, 5) is 14.0. The number of carbonyl (C=O) groups is 1. The third kappa shape index (κ3) is 5.28. The summed E-state index contributed by atoms with van der Waals surface area (Å²) in [5, 5.41) is 0. The molecule has 0 aromatic heterocycles. The van der Waals surface area contributed by atoms with Crippen LogP contribution in [0.15, 0.2) is 4.90 Å². The molecule has 1 aromatic carbocycles. The van der Waals surface area contributed by atoms with Gasteiger partial charge in [-0.05, 0) is 68.9 Å². The SMILES string of the molecule is COCCCN(C)C(=O)CCNS(=O)(=O)c1c(C)c(C)c(C)c(C)c1C. The number of hydrogen-bond acceptors (Lipinski definition) is 4. The zero-order valence-corrected chi connectivity index (χ0v) is 17.8. The third-order valence-electron chi connectivity index (χ3n) is 5.10. The Labute approximate surface area is 158 Å². The lowest BCUT2D eigenvalue weighted by Crippen LogP contribution is -2.33. The number of ether oxygens (including phenoxy) is 1. The lowest BCUT2D eigenvalue weighted by molar-refractivity contribution is -0.129. The van der Waals surface area contributed by atoms with Crippen molar-refractivity contribution in [2.45, 2.75) is 52.4 Å². The molecule has 0 bridgehead atoms. The first-order valence-electron chi connectivity index (χ1n) is 8.84. The first-order chi connectivity index (χ1) is 12.0. The second-order valence-corrected chi connectivity index (χ2v) is 8.47. The van der Waals surface area contributed by atoms with E-state index in [4.69, 9.17) is 4.74 Å². The van der Waals surface area contributed by atoms with Gasteiger partial charge in [-0.25, -0.2) is 13.1 Å². The van der Waals surface area contributed by atoms with E-state index in [-0.39, 0.29) is 18.9 Å². The Kier molecular flexibility index (Phi) is 8.24. The van der Waals surface area contributed by atoms with Gasteiger partial charge in [0.2, 0.25) is 15.9 Å². The van der Waals surface area contributed by atoms with Gasteiger partial charge in [-0.1, -0.05) is 0 Å². The maximum atomic E-state index is 12.8. The maximum Gasteiger partial charge on any atom is 0.241 e. The number of nitrogens with one attached hydrogen (secondary N) is 1. The van der Waals surface area contributed by atoms with Gasteiger partial charge in [0.05, 0.1) is 4.90 Å². The van der Waals surface area contributed by atoms with Crippen molar-refractivity contribution in [3.8, 4) is 0 Å². The number of nitrogens with zero attached hydrogens (tertiary/aromatic N) is 1. The molecule has 26 heavy (non-hydrogen) atoms. The molecular formula is C19H32N2O4S. The number of hydrogen-bond donors (Lipinski definition) is 1. The van der Waals surface area contributed by atoms with E-state index in [0.717, 1.165) is 34.2 Å². The predicted octanol–water partition coefficient (Wildman–Crippen LogP) is 2.39. The Bertz CT molecular complexity index is 728. The number of amides is 1. The zero-order valence-electron chi connectivity index (χ0n) is 17.0. The van der Waals surface area contributed by atoms with Gasteiger partial charge in [0, 0.05) is 40.3 Å². The fourth-order valence-electron chi connectivity index (χ4n) is 2.99. The second kappa shape index (κ2) is 9.48. The van der Waals surface area contributed by atoms with Crippen LogP contribution >= 0.6 is 0 Å². The van der Waals surface area contributed by atoms with Crippen LogP contribution < -0.4 is 4.72 Å². The van der Waals surface area contributed by atoms with Gasteiger partial charge in [-0.3, -0.25) is 4.79 Å². The van der Waals surface area contributed by atoms with Crippen molar-refractivity contribution in [3.63, 3.8) is 0 Å². The van der Waals surface area contributed by atoms with Gasteiger partial charge in [-0.2, -0.15) is 0 Å². The second-order valence-electron chi connectivity index (χ2n) is 6.76. The third-order valence-corrected chi connectivity index (χ3v) is 6.83. The monoisotopic (exact) mass is 384 g/mol. The molecule has 0 saturated carbocycles. The summed E-state index contributed by atoms with van der Waals surface area (Å²) < 4.78 is 33.1. The van der Waals surface area contributed by atoms with Gasteiger partial charge >= 0.3 is 0 Å². The lowest BCUT2D eigenvalue weighted by atomic mass is 9.95. The van der Waals surface area contributed by atoms with Crippen LogP contribution in [-0.4, -0.2) is 53.1 Å². The van der Waals surface area contributed by atoms with E-state index in [1.807, 2.05) is 34.6 Å². The number of rotatable bonds is 9. The smallest absolute Gasteiger partial charge is 0.241 e. The first-order valence-corrected chi connectivity index (χ1v) is 10.3. The van der Waals surface area contributed by atoms with Gasteiger partial charge in [0.25, 0.3) is 0 Å². The van der Waals surface area contributed by atoms with E-state index in [1.165, 1.54) is 0 Å². The van der Waals surface area contributed by atoms with Crippen molar-refractivity contribution in [3.05, 3.63) is 27.8 Å². The number of benzene rings is 1. The summed E-state index contributed by atoms with van der Waals surface area (Å²) in [7, 11) is -0.331. The van der Waals surface area contributed by atoms with E-state index >= 15 is 0 Å². The molecule has 1 aromatic rings. The average molecular weight is 385 g/mol. The van der Waals surface area contributed by atoms with Crippen LogP contribution in [0.3, 0.4) is 0 Å². The van der Waals surface area contributed by atoms with E-state index in [2.05, 4.69) is 4.72 Å². The molecule has 0 spiro atoms. The topological polar surface area (TPSA) is 75.7 Å². The average Bonchev–Trinajstić information content (AvgIpc) is 2.58. The highest BCUT2D eigenvalue weighted by molar-refractivity contribution is 7.89. The summed E-state index contributed by atoms with van der Waals surface area (Å²) >= 11 is 0. The minimum Gasteiger partial charge on any atom is -0.385 e. The lowest BCUT2D eigenvalue weighted by Gasteiger charge is -2.20. The number of sulfonamides is 1. The van der Waals surface area contributed by atoms with Crippen molar-refractivity contribution < 1.29 is 17.9 Å². The van der Waals surface area contributed by atoms with Crippen molar-refractivity contribution in [2.24, 2.45) is 0 Å². The van der Waals surface area contributed by atoms with Crippen molar-refractivity contribution in [1.82, 2.24) is 9.62 Å². The molecule has 0 saturated heterocycles. The standard InChI is InChI=1S/C19H32N2O4S/c1-13-14(2)16(4)19(17(5)15(13)3)26(23,24)20-10-9-18(22)21(6)11-8-12-25-7/h20H,8-12H2,1-7H3. The van der Waals surface area contributed by atoms with E-state index in [9.17, 15) is 13.2 Å². The summed E-state index contributed by atoms with van der Waals surface area (Å²) in [6, 6.07) is 0. The largest absolute Gasteiger partial charge is 0.385 e. The Balaban J connectivity index is 2.82. The molecule has 0 unspecified atom stereocenters. The zero-order chi connectivity index (χ0) is 20.1. The van der Waals surface area contributed by atoms with Crippen LogP contribution in [-0.2, 0) is 19.6 Å². The van der Waals surface area contributed by atoms with Crippen LogP contribution in [0.1, 0.15) is 40.7 Å². The first kappa shape index (κ1) is 22.6. The predicted molar refractivity (Wildman–Crippen MR) is 104 cm³/mol. The fourth-order valence-corrected chi connectivity index (χ4v) is 4.62. The normalized spacial score (nSPS) is 11.7. The Morgan fingerprint density at radius 1 is 1.00 bits per heavy atom. The van der Waals surface area contributed by atoms with Crippen molar-refractivity contribution >= 4 is 15.9 Å². The number of methoxy groups -OCH3 is 1. The molecule has 0 fully saturated rings. The summed E-state index contributed by atoms with van der Waals surface area (Å²) in [6.07, 6.45) is 0.884. The van der Waals surface area contributed by atoms with Crippen molar-refractivity contribution in [1.29, 1.82) is 0 Å². The Morgan fingerprint density at radius 2 is 1.50 bits per heavy atom. The molecule has 0 aliphatic heterocycles. The quantitative estimate of drug-likeness (QED) is 0.663. The summed E-state index contributed by atoms with van der Waals surface area (Å²) in [6.45, 7) is 10.8. The summed E-state index contributed by atoms with van der Waals surface area (Å²) in [5.74, 6) is -0.0893. The van der Waals surface area contributed by atoms with E-state index in [0.29, 0.717) is 18.0 Å². The molecule has 0 aliphatic rings. The van der Waals surface area contributed by atoms with Gasteiger partial charge in [0.15, 0.2) is 0 Å². The molecule has 7 heteroatoms. The molecule has 1 N–H and O–H groups in total. The highest BCUT2D eigenvalue weighted by Crippen LogP contribution is 2.29. The minimum atomic E-state index is -3.67. The molecule has 0 radical (unpaired) electrons. The van der Waals surface area contributed by atoms with E-state index < -0.39 is 10.0 Å². The molecule has 0 atom stereocenters. The molecule has 0 heterocycles.